The first-order chi connectivity index (χ1) is 7.63. The second-order valence-corrected chi connectivity index (χ2v) is 4.65. The Hall–Kier alpha value is -0.610. The zero-order chi connectivity index (χ0) is 12.0. The van der Waals surface area contributed by atoms with Crippen LogP contribution >= 0.6 is 0 Å². The van der Waals surface area contributed by atoms with Gasteiger partial charge in [-0.05, 0) is 32.7 Å². The van der Waals surface area contributed by atoms with Crippen LogP contribution in [0.4, 0.5) is 0 Å². The van der Waals surface area contributed by atoms with Gasteiger partial charge in [0, 0.05) is 19.7 Å². The summed E-state index contributed by atoms with van der Waals surface area (Å²) in [6.07, 6.45) is 4.54. The topological polar surface area (TPSA) is 49.8 Å². The van der Waals surface area contributed by atoms with Crippen LogP contribution in [0.15, 0.2) is 0 Å². The smallest absolute Gasteiger partial charge is 0.334 e. The highest BCUT2D eigenvalue weighted by Gasteiger charge is 2.22. The van der Waals surface area contributed by atoms with Gasteiger partial charge in [0.1, 0.15) is 0 Å². The lowest BCUT2D eigenvalue weighted by atomic mass is 10.1. The quantitative estimate of drug-likeness (QED) is 0.720. The largest absolute Gasteiger partial charge is 0.479 e. The van der Waals surface area contributed by atoms with Crippen LogP contribution in [0.3, 0.4) is 0 Å². The Balaban J connectivity index is 2.29. The molecule has 0 aliphatic heterocycles. The highest BCUT2D eigenvalue weighted by molar-refractivity contribution is 5.72. The number of nitrogens with zero attached hydrogens (tertiary/aromatic N) is 1. The molecular formula is C12H23NO3. The van der Waals surface area contributed by atoms with Crippen LogP contribution in [0.25, 0.3) is 0 Å². The number of rotatable bonds is 7. The van der Waals surface area contributed by atoms with Crippen molar-refractivity contribution in [1.29, 1.82) is 0 Å². The normalized spacial score (nSPS) is 19.2. The lowest BCUT2D eigenvalue weighted by Crippen LogP contribution is -2.38. The fourth-order valence-corrected chi connectivity index (χ4v) is 2.39. The Morgan fingerprint density at radius 2 is 2.12 bits per heavy atom. The molecule has 0 heterocycles. The highest BCUT2D eigenvalue weighted by Crippen LogP contribution is 2.25. The van der Waals surface area contributed by atoms with Gasteiger partial charge in [-0.3, -0.25) is 0 Å². The van der Waals surface area contributed by atoms with E-state index in [4.69, 9.17) is 9.84 Å². The summed E-state index contributed by atoms with van der Waals surface area (Å²) in [5, 5.41) is 8.96. The Morgan fingerprint density at radius 3 is 2.62 bits per heavy atom. The van der Waals surface area contributed by atoms with E-state index in [0.29, 0.717) is 13.2 Å². The third-order valence-corrected chi connectivity index (χ3v) is 3.17. The van der Waals surface area contributed by atoms with Gasteiger partial charge in [-0.2, -0.15) is 0 Å². The maximum Gasteiger partial charge on any atom is 0.334 e. The molecule has 1 fully saturated rings. The first-order valence-corrected chi connectivity index (χ1v) is 6.16. The summed E-state index contributed by atoms with van der Waals surface area (Å²) < 4.78 is 5.20. The molecule has 0 amide bonds. The lowest BCUT2D eigenvalue weighted by Gasteiger charge is -2.23. The molecule has 0 aromatic rings. The van der Waals surface area contributed by atoms with E-state index in [1.165, 1.54) is 25.7 Å². The van der Waals surface area contributed by atoms with Crippen molar-refractivity contribution in [2.75, 3.05) is 26.7 Å². The van der Waals surface area contributed by atoms with Gasteiger partial charge in [0.05, 0.1) is 0 Å². The van der Waals surface area contributed by atoms with Crippen molar-refractivity contribution in [3.63, 3.8) is 0 Å². The van der Waals surface area contributed by atoms with Crippen molar-refractivity contribution in [3.05, 3.63) is 0 Å². The molecule has 0 spiro atoms. The van der Waals surface area contributed by atoms with Gasteiger partial charge in [-0.1, -0.05) is 12.8 Å². The van der Waals surface area contributed by atoms with Gasteiger partial charge in [-0.25, -0.2) is 4.79 Å². The first-order valence-electron chi connectivity index (χ1n) is 6.16. The molecule has 1 atom stereocenters. The lowest BCUT2D eigenvalue weighted by molar-refractivity contribution is -0.151. The predicted molar refractivity (Wildman–Crippen MR) is 62.5 cm³/mol. The summed E-state index contributed by atoms with van der Waals surface area (Å²) in [7, 11) is 1.98. The van der Waals surface area contributed by atoms with E-state index in [9.17, 15) is 4.79 Å². The van der Waals surface area contributed by atoms with Crippen LogP contribution in [0.5, 0.6) is 0 Å². The average molecular weight is 229 g/mol. The van der Waals surface area contributed by atoms with E-state index < -0.39 is 12.1 Å². The minimum Gasteiger partial charge on any atom is -0.479 e. The maximum atomic E-state index is 10.9. The number of aliphatic carboxylic acids is 1. The SMILES string of the molecule is CCOC(CN(C)CC1CCCC1)C(=O)O. The van der Waals surface area contributed by atoms with Crippen LogP contribution in [0.1, 0.15) is 32.6 Å². The number of carboxylic acids is 1. The summed E-state index contributed by atoms with van der Waals surface area (Å²) in [6, 6.07) is 0. The standard InChI is InChI=1S/C12H23NO3/c1-3-16-11(12(14)15)9-13(2)8-10-6-4-5-7-10/h10-11H,3-9H2,1-2H3,(H,14,15). The molecule has 94 valence electrons. The van der Waals surface area contributed by atoms with E-state index in [2.05, 4.69) is 4.90 Å². The molecule has 4 nitrogen and oxygen atoms in total. The van der Waals surface area contributed by atoms with Crippen molar-refractivity contribution in [3.8, 4) is 0 Å². The number of ether oxygens (including phenoxy) is 1. The molecule has 1 saturated carbocycles. The monoisotopic (exact) mass is 229 g/mol. The zero-order valence-electron chi connectivity index (χ0n) is 10.3. The second kappa shape index (κ2) is 6.86. The van der Waals surface area contributed by atoms with Crippen LogP contribution < -0.4 is 0 Å². The molecule has 4 heteroatoms. The molecule has 1 N–H and O–H groups in total. The summed E-state index contributed by atoms with van der Waals surface area (Å²) in [5.41, 5.74) is 0. The van der Waals surface area contributed by atoms with E-state index in [-0.39, 0.29) is 0 Å². The fourth-order valence-electron chi connectivity index (χ4n) is 2.39. The van der Waals surface area contributed by atoms with Gasteiger partial charge < -0.3 is 14.7 Å². The van der Waals surface area contributed by atoms with E-state index in [1.807, 2.05) is 14.0 Å². The number of hydrogen-bond donors (Lipinski definition) is 1. The third kappa shape index (κ3) is 4.49. The molecule has 0 bridgehead atoms. The Labute approximate surface area is 97.6 Å². The van der Waals surface area contributed by atoms with E-state index in [1.54, 1.807) is 0 Å². The summed E-state index contributed by atoms with van der Waals surface area (Å²) >= 11 is 0. The molecule has 1 aliphatic carbocycles. The predicted octanol–water partition coefficient (Wildman–Crippen LogP) is 1.60. The van der Waals surface area contributed by atoms with E-state index in [0.717, 1.165) is 12.5 Å². The molecule has 1 aliphatic rings. The number of likely N-dealkylation sites (N-methyl/N-ethyl adjacent to an activating group) is 1. The molecule has 16 heavy (non-hydrogen) atoms. The molecule has 0 saturated heterocycles. The average Bonchev–Trinajstić information content (AvgIpc) is 2.69. The summed E-state index contributed by atoms with van der Waals surface area (Å²) in [6.45, 7) is 3.76. The Kier molecular flexibility index (Phi) is 5.77. The minimum atomic E-state index is -0.861. The summed E-state index contributed by atoms with van der Waals surface area (Å²) in [5.74, 6) is -0.110. The second-order valence-electron chi connectivity index (χ2n) is 4.65. The van der Waals surface area contributed by atoms with Crippen molar-refractivity contribution < 1.29 is 14.6 Å². The molecular weight excluding hydrogens is 206 g/mol. The minimum absolute atomic E-state index is 0.453. The third-order valence-electron chi connectivity index (χ3n) is 3.17. The fraction of sp³-hybridized carbons (Fsp3) is 0.917. The van der Waals surface area contributed by atoms with E-state index >= 15 is 0 Å². The molecule has 0 aromatic carbocycles. The van der Waals surface area contributed by atoms with Gasteiger partial charge in [0.2, 0.25) is 0 Å². The first kappa shape index (κ1) is 13.5. The van der Waals surface area contributed by atoms with Crippen LogP contribution in [0, 0.1) is 5.92 Å². The molecule has 0 aromatic heterocycles. The van der Waals surface area contributed by atoms with Crippen LogP contribution in [-0.4, -0.2) is 48.8 Å². The van der Waals surface area contributed by atoms with Crippen LogP contribution in [-0.2, 0) is 9.53 Å². The van der Waals surface area contributed by atoms with Gasteiger partial charge in [0.15, 0.2) is 6.10 Å². The van der Waals surface area contributed by atoms with Crippen molar-refractivity contribution in [1.82, 2.24) is 4.90 Å². The van der Waals surface area contributed by atoms with Gasteiger partial charge in [-0.15, -0.1) is 0 Å². The van der Waals surface area contributed by atoms with Crippen molar-refractivity contribution in [2.24, 2.45) is 5.92 Å². The maximum absolute atomic E-state index is 10.9. The molecule has 0 radical (unpaired) electrons. The number of carboxylic acid groups (broad SMARTS) is 1. The van der Waals surface area contributed by atoms with Gasteiger partial charge >= 0.3 is 5.97 Å². The summed E-state index contributed by atoms with van der Waals surface area (Å²) in [4.78, 5) is 13.0. The van der Waals surface area contributed by atoms with Crippen LogP contribution in [0.2, 0.25) is 0 Å². The Bertz CT molecular complexity index is 214. The van der Waals surface area contributed by atoms with Gasteiger partial charge in [0.25, 0.3) is 0 Å². The highest BCUT2D eigenvalue weighted by atomic mass is 16.5. The molecule has 1 rings (SSSR count). The molecule has 1 unspecified atom stereocenters. The Morgan fingerprint density at radius 1 is 1.50 bits per heavy atom. The number of hydrogen-bond acceptors (Lipinski definition) is 3. The number of carbonyl (C=O) groups is 1. The zero-order valence-corrected chi connectivity index (χ0v) is 10.3. The van der Waals surface area contributed by atoms with Crippen molar-refractivity contribution >= 4 is 5.97 Å². The van der Waals surface area contributed by atoms with Crippen molar-refractivity contribution in [2.45, 2.75) is 38.7 Å².